The normalized spacial score (nSPS) is 10.8. The Labute approximate surface area is 162 Å². The van der Waals surface area contributed by atoms with Crippen LogP contribution in [-0.2, 0) is 13.1 Å². The number of amides is 1. The van der Waals surface area contributed by atoms with Crippen molar-refractivity contribution in [1.82, 2.24) is 29.6 Å². The third kappa shape index (κ3) is 3.98. The van der Waals surface area contributed by atoms with E-state index in [-0.39, 0.29) is 5.91 Å². The van der Waals surface area contributed by atoms with Crippen molar-refractivity contribution in [3.05, 3.63) is 96.0 Å². The molecule has 4 rings (SSSR count). The van der Waals surface area contributed by atoms with E-state index in [1.165, 1.54) is 0 Å². The molecule has 4 aromatic rings. The molecule has 0 spiro atoms. The van der Waals surface area contributed by atoms with Crippen molar-refractivity contribution >= 4 is 5.91 Å². The molecule has 0 aliphatic carbocycles. The van der Waals surface area contributed by atoms with Crippen LogP contribution in [0.3, 0.4) is 0 Å². The minimum Gasteiger partial charge on any atom is -0.348 e. The van der Waals surface area contributed by atoms with Crippen LogP contribution in [0.1, 0.15) is 27.3 Å². The van der Waals surface area contributed by atoms with Gasteiger partial charge in [-0.05, 0) is 30.2 Å². The van der Waals surface area contributed by atoms with E-state index in [1.54, 1.807) is 29.5 Å². The Hall–Kier alpha value is -3.74. The molecule has 0 saturated heterocycles. The lowest BCUT2D eigenvalue weighted by atomic mass is 10.2. The van der Waals surface area contributed by atoms with E-state index >= 15 is 0 Å². The predicted octanol–water partition coefficient (Wildman–Crippen LogP) is 2.75. The molecule has 3 aromatic heterocycles. The van der Waals surface area contributed by atoms with E-state index in [2.05, 4.69) is 20.4 Å². The van der Waals surface area contributed by atoms with Crippen LogP contribution >= 0.6 is 0 Å². The molecule has 0 bridgehead atoms. The standard InChI is InChI=1S/C21H20N6O/c1-16-22-9-10-27(16)20-11-18(7-8-23-20)12-24-21(28)19-13-25-26(15-19)14-17-5-3-2-4-6-17/h2-11,13,15H,12,14H2,1H3,(H,24,28). The number of nitrogens with one attached hydrogen (secondary N) is 1. The number of carbonyl (C=O) groups excluding carboxylic acids is 1. The first-order valence-electron chi connectivity index (χ1n) is 8.99. The highest BCUT2D eigenvalue weighted by Gasteiger charge is 2.09. The molecule has 0 fully saturated rings. The van der Waals surface area contributed by atoms with E-state index in [0.29, 0.717) is 18.7 Å². The second kappa shape index (κ2) is 7.87. The average molecular weight is 372 g/mol. The van der Waals surface area contributed by atoms with Gasteiger partial charge in [-0.25, -0.2) is 9.97 Å². The Balaban J connectivity index is 1.39. The van der Waals surface area contributed by atoms with Crippen molar-refractivity contribution in [3.8, 4) is 5.82 Å². The number of imidazole rings is 1. The largest absolute Gasteiger partial charge is 0.348 e. The topological polar surface area (TPSA) is 77.6 Å². The number of benzene rings is 1. The molecule has 0 saturated carbocycles. The Morgan fingerprint density at radius 2 is 1.93 bits per heavy atom. The van der Waals surface area contributed by atoms with Crippen molar-refractivity contribution in [3.63, 3.8) is 0 Å². The van der Waals surface area contributed by atoms with Crippen LogP contribution in [0.15, 0.2) is 73.4 Å². The van der Waals surface area contributed by atoms with Crippen LogP contribution in [0.5, 0.6) is 0 Å². The van der Waals surface area contributed by atoms with Gasteiger partial charge < -0.3 is 5.32 Å². The summed E-state index contributed by atoms with van der Waals surface area (Å²) in [7, 11) is 0. The summed E-state index contributed by atoms with van der Waals surface area (Å²) in [5.41, 5.74) is 2.63. The maximum Gasteiger partial charge on any atom is 0.254 e. The van der Waals surface area contributed by atoms with Gasteiger partial charge >= 0.3 is 0 Å². The van der Waals surface area contributed by atoms with Crippen LogP contribution < -0.4 is 5.32 Å². The Kier molecular flexibility index (Phi) is 4.97. The molecule has 3 heterocycles. The Bertz CT molecular complexity index is 1080. The summed E-state index contributed by atoms with van der Waals surface area (Å²) in [6.07, 6.45) is 8.67. The van der Waals surface area contributed by atoms with Gasteiger partial charge in [0.2, 0.25) is 0 Å². The molecular formula is C21H20N6O. The summed E-state index contributed by atoms with van der Waals surface area (Å²) in [6.45, 7) is 2.96. The number of aromatic nitrogens is 5. The highest BCUT2D eigenvalue weighted by Crippen LogP contribution is 2.10. The number of rotatable bonds is 6. The van der Waals surface area contributed by atoms with Crippen LogP contribution in [-0.4, -0.2) is 30.2 Å². The van der Waals surface area contributed by atoms with Crippen LogP contribution in [0.2, 0.25) is 0 Å². The van der Waals surface area contributed by atoms with E-state index in [9.17, 15) is 4.79 Å². The minimum absolute atomic E-state index is 0.156. The van der Waals surface area contributed by atoms with Crippen molar-refractivity contribution < 1.29 is 4.79 Å². The fraction of sp³-hybridized carbons (Fsp3) is 0.143. The minimum atomic E-state index is -0.156. The quantitative estimate of drug-likeness (QED) is 0.565. The molecule has 7 heteroatoms. The predicted molar refractivity (Wildman–Crippen MR) is 105 cm³/mol. The molecule has 0 atom stereocenters. The smallest absolute Gasteiger partial charge is 0.254 e. The molecule has 0 aliphatic heterocycles. The average Bonchev–Trinajstić information content (AvgIpc) is 3.36. The monoisotopic (exact) mass is 372 g/mol. The molecule has 1 aromatic carbocycles. The summed E-state index contributed by atoms with van der Waals surface area (Å²) in [4.78, 5) is 21.0. The lowest BCUT2D eigenvalue weighted by molar-refractivity contribution is 0.0951. The molecule has 0 unspecified atom stereocenters. The van der Waals surface area contributed by atoms with E-state index in [4.69, 9.17) is 0 Å². The summed E-state index contributed by atoms with van der Waals surface area (Å²) in [6, 6.07) is 13.8. The third-order valence-corrected chi connectivity index (χ3v) is 4.42. The number of carbonyl (C=O) groups is 1. The van der Waals surface area contributed by atoms with Gasteiger partial charge in [0, 0.05) is 31.3 Å². The fourth-order valence-electron chi connectivity index (χ4n) is 2.94. The van der Waals surface area contributed by atoms with Crippen molar-refractivity contribution in [1.29, 1.82) is 0 Å². The van der Waals surface area contributed by atoms with E-state index < -0.39 is 0 Å². The zero-order valence-corrected chi connectivity index (χ0v) is 15.5. The lowest BCUT2D eigenvalue weighted by Gasteiger charge is -2.07. The van der Waals surface area contributed by atoms with Crippen LogP contribution in [0, 0.1) is 6.92 Å². The van der Waals surface area contributed by atoms with Gasteiger partial charge in [-0.3, -0.25) is 14.0 Å². The van der Waals surface area contributed by atoms with Gasteiger partial charge in [0.25, 0.3) is 5.91 Å². The van der Waals surface area contributed by atoms with E-state index in [1.807, 2.05) is 60.2 Å². The maximum absolute atomic E-state index is 12.5. The second-order valence-electron chi connectivity index (χ2n) is 6.46. The molecular weight excluding hydrogens is 352 g/mol. The molecule has 28 heavy (non-hydrogen) atoms. The summed E-state index contributed by atoms with van der Waals surface area (Å²) in [5.74, 6) is 1.48. The first-order valence-corrected chi connectivity index (χ1v) is 8.99. The van der Waals surface area contributed by atoms with Gasteiger partial charge in [-0.1, -0.05) is 30.3 Å². The molecule has 1 amide bonds. The summed E-state index contributed by atoms with van der Waals surface area (Å²) in [5, 5.41) is 7.22. The summed E-state index contributed by atoms with van der Waals surface area (Å²) < 4.78 is 3.66. The first kappa shape index (κ1) is 17.7. The van der Waals surface area contributed by atoms with Crippen molar-refractivity contribution in [2.24, 2.45) is 0 Å². The fourth-order valence-corrected chi connectivity index (χ4v) is 2.94. The number of nitrogens with zero attached hydrogens (tertiary/aromatic N) is 5. The first-order chi connectivity index (χ1) is 13.7. The lowest BCUT2D eigenvalue weighted by Crippen LogP contribution is -2.22. The van der Waals surface area contributed by atoms with Gasteiger partial charge in [-0.15, -0.1) is 0 Å². The molecule has 0 aliphatic rings. The molecule has 0 radical (unpaired) electrons. The Morgan fingerprint density at radius 1 is 1.07 bits per heavy atom. The SMILES string of the molecule is Cc1nccn1-c1cc(CNC(=O)c2cnn(Cc3ccccc3)c2)ccn1. The zero-order chi connectivity index (χ0) is 19.3. The molecule has 140 valence electrons. The Morgan fingerprint density at radius 3 is 2.71 bits per heavy atom. The number of pyridine rings is 1. The van der Waals surface area contributed by atoms with Gasteiger partial charge in [0.1, 0.15) is 11.6 Å². The number of hydrogen-bond acceptors (Lipinski definition) is 4. The summed E-state index contributed by atoms with van der Waals surface area (Å²) >= 11 is 0. The van der Waals surface area contributed by atoms with Crippen LogP contribution in [0.25, 0.3) is 5.82 Å². The number of aryl methyl sites for hydroxylation is 1. The number of hydrogen-bond donors (Lipinski definition) is 1. The second-order valence-corrected chi connectivity index (χ2v) is 6.46. The highest BCUT2D eigenvalue weighted by molar-refractivity contribution is 5.93. The van der Waals surface area contributed by atoms with Crippen molar-refractivity contribution in [2.45, 2.75) is 20.0 Å². The zero-order valence-electron chi connectivity index (χ0n) is 15.5. The highest BCUT2D eigenvalue weighted by atomic mass is 16.1. The van der Waals surface area contributed by atoms with Crippen LogP contribution in [0.4, 0.5) is 0 Å². The molecule has 1 N–H and O–H groups in total. The van der Waals surface area contributed by atoms with Crippen molar-refractivity contribution in [2.75, 3.05) is 0 Å². The van der Waals surface area contributed by atoms with Gasteiger partial charge in [-0.2, -0.15) is 5.10 Å². The maximum atomic E-state index is 12.5. The van der Waals surface area contributed by atoms with Gasteiger partial charge in [0.15, 0.2) is 0 Å². The van der Waals surface area contributed by atoms with E-state index in [0.717, 1.165) is 22.8 Å². The molecule has 7 nitrogen and oxygen atoms in total. The van der Waals surface area contributed by atoms with Gasteiger partial charge in [0.05, 0.1) is 18.3 Å². The third-order valence-electron chi connectivity index (χ3n) is 4.42.